The second kappa shape index (κ2) is 9.98. The van der Waals surface area contributed by atoms with Crippen molar-refractivity contribution in [2.24, 2.45) is 0 Å². The predicted molar refractivity (Wildman–Crippen MR) is 112 cm³/mol. The van der Waals surface area contributed by atoms with E-state index < -0.39 is 23.8 Å². The molecule has 0 atom stereocenters. The van der Waals surface area contributed by atoms with Gasteiger partial charge < -0.3 is 24.2 Å². The van der Waals surface area contributed by atoms with Crippen LogP contribution in [-0.2, 0) is 4.74 Å². The summed E-state index contributed by atoms with van der Waals surface area (Å²) in [5.41, 5.74) is 0.525. The number of hydrogen-bond donors (Lipinski definition) is 1. The average molecular weight is 473 g/mol. The van der Waals surface area contributed by atoms with E-state index in [0.717, 1.165) is 23.9 Å². The fraction of sp³-hybridized carbons (Fsp3) is 0.545. The van der Waals surface area contributed by atoms with Gasteiger partial charge in [-0.25, -0.2) is 4.39 Å². The highest BCUT2D eigenvalue weighted by Gasteiger charge is 2.33. The molecule has 2 heterocycles. The van der Waals surface area contributed by atoms with Gasteiger partial charge >= 0.3 is 6.36 Å². The number of amides is 1. The third-order valence-corrected chi connectivity index (χ3v) is 5.07. The number of piperidine rings is 1. The van der Waals surface area contributed by atoms with Crippen molar-refractivity contribution >= 4 is 11.8 Å². The van der Waals surface area contributed by atoms with Crippen LogP contribution in [-0.4, -0.2) is 54.2 Å². The second-order valence-corrected chi connectivity index (χ2v) is 8.76. The van der Waals surface area contributed by atoms with Crippen molar-refractivity contribution in [3.05, 3.63) is 41.3 Å². The lowest BCUT2D eigenvalue weighted by Crippen LogP contribution is -2.38. The summed E-state index contributed by atoms with van der Waals surface area (Å²) in [6.07, 6.45) is -3.75. The molecule has 0 bridgehead atoms. The van der Waals surface area contributed by atoms with Gasteiger partial charge in [-0.2, -0.15) is 0 Å². The van der Waals surface area contributed by atoms with E-state index in [4.69, 9.17) is 9.26 Å². The maximum Gasteiger partial charge on any atom is 0.573 e. The number of nitrogens with one attached hydrogen (secondary N) is 1. The molecule has 0 saturated carbocycles. The highest BCUT2D eigenvalue weighted by molar-refractivity contribution is 5.94. The maximum atomic E-state index is 13.9. The van der Waals surface area contributed by atoms with E-state index in [-0.39, 0.29) is 17.1 Å². The molecular weight excluding hydrogens is 446 g/mol. The first-order valence-electron chi connectivity index (χ1n) is 10.6. The summed E-state index contributed by atoms with van der Waals surface area (Å²) in [6, 6.07) is 4.51. The first kappa shape index (κ1) is 24.8. The van der Waals surface area contributed by atoms with Gasteiger partial charge in [0.25, 0.3) is 5.91 Å². The van der Waals surface area contributed by atoms with Gasteiger partial charge in [0.2, 0.25) is 5.88 Å². The Morgan fingerprint density at radius 2 is 1.91 bits per heavy atom. The van der Waals surface area contributed by atoms with Gasteiger partial charge in [-0.1, -0.05) is 5.16 Å². The number of ether oxygens (including phenoxy) is 2. The minimum atomic E-state index is -5.01. The van der Waals surface area contributed by atoms with E-state index in [1.165, 1.54) is 0 Å². The van der Waals surface area contributed by atoms with E-state index in [9.17, 15) is 22.4 Å². The van der Waals surface area contributed by atoms with Gasteiger partial charge in [0.05, 0.1) is 17.9 Å². The summed E-state index contributed by atoms with van der Waals surface area (Å²) in [5, 5.41) is 7.22. The van der Waals surface area contributed by atoms with Crippen LogP contribution in [0.4, 0.5) is 23.4 Å². The zero-order valence-corrected chi connectivity index (χ0v) is 18.7. The number of carbonyl (C=O) groups is 1. The van der Waals surface area contributed by atoms with Crippen LogP contribution in [0.25, 0.3) is 0 Å². The van der Waals surface area contributed by atoms with Crippen molar-refractivity contribution in [3.8, 4) is 5.75 Å². The van der Waals surface area contributed by atoms with Gasteiger partial charge in [-0.05, 0) is 51.8 Å². The topological polar surface area (TPSA) is 76.8 Å². The van der Waals surface area contributed by atoms with Crippen molar-refractivity contribution in [2.75, 3.05) is 31.6 Å². The Bertz CT molecular complexity index is 948. The zero-order chi connectivity index (χ0) is 24.2. The van der Waals surface area contributed by atoms with Gasteiger partial charge in [0, 0.05) is 37.2 Å². The van der Waals surface area contributed by atoms with Crippen molar-refractivity contribution < 1.29 is 36.4 Å². The summed E-state index contributed by atoms with van der Waals surface area (Å²) in [4.78, 5) is 14.2. The molecule has 1 N–H and O–H groups in total. The molecule has 0 unspecified atom stereocenters. The number of anilines is 1. The maximum absolute atomic E-state index is 13.9. The SMILES string of the molecule is CC(C)(C)OCCNc1cc(C2CCN(C(=O)c3ccc(OC(F)(F)F)c(F)c3)CC2)no1. The lowest BCUT2D eigenvalue weighted by atomic mass is 9.93. The molecule has 182 valence electrons. The molecule has 1 aromatic heterocycles. The Morgan fingerprint density at radius 1 is 1.21 bits per heavy atom. The van der Waals surface area contributed by atoms with Gasteiger partial charge in [-0.15, -0.1) is 13.2 Å². The minimum absolute atomic E-state index is 0.0362. The molecule has 1 fully saturated rings. The van der Waals surface area contributed by atoms with Crippen molar-refractivity contribution in [1.29, 1.82) is 0 Å². The summed E-state index contributed by atoms with van der Waals surface area (Å²) < 4.78 is 65.3. The Morgan fingerprint density at radius 3 is 2.52 bits per heavy atom. The number of benzene rings is 1. The molecule has 7 nitrogen and oxygen atoms in total. The number of aromatic nitrogens is 1. The lowest BCUT2D eigenvalue weighted by Gasteiger charge is -2.31. The van der Waals surface area contributed by atoms with Crippen LogP contribution in [0.2, 0.25) is 0 Å². The van der Waals surface area contributed by atoms with E-state index in [1.807, 2.05) is 26.8 Å². The Hall–Kier alpha value is -2.82. The molecule has 11 heteroatoms. The van der Waals surface area contributed by atoms with Gasteiger partial charge in [0.1, 0.15) is 0 Å². The summed E-state index contributed by atoms with van der Waals surface area (Å²) in [5.74, 6) is -2.04. The van der Waals surface area contributed by atoms with Crippen molar-refractivity contribution in [2.45, 2.75) is 51.5 Å². The molecule has 1 aliphatic rings. The monoisotopic (exact) mass is 473 g/mol. The average Bonchev–Trinajstić information content (AvgIpc) is 3.20. The molecule has 1 amide bonds. The van der Waals surface area contributed by atoms with Crippen LogP contribution < -0.4 is 10.1 Å². The summed E-state index contributed by atoms with van der Waals surface area (Å²) in [6.45, 7) is 7.83. The van der Waals surface area contributed by atoms with E-state index in [0.29, 0.717) is 45.0 Å². The van der Waals surface area contributed by atoms with Crippen LogP contribution >= 0.6 is 0 Å². The van der Waals surface area contributed by atoms with Gasteiger partial charge in [-0.3, -0.25) is 4.79 Å². The third kappa shape index (κ3) is 7.34. The molecule has 1 aliphatic heterocycles. The number of nitrogens with zero attached hydrogens (tertiary/aromatic N) is 2. The van der Waals surface area contributed by atoms with Crippen molar-refractivity contribution in [1.82, 2.24) is 10.1 Å². The Kier molecular flexibility index (Phi) is 7.51. The standard InChI is InChI=1S/C22H27F4N3O4/c1-21(2,3)31-11-8-27-19-13-17(28-33-19)14-6-9-29(10-7-14)20(30)15-4-5-18(16(23)12-15)32-22(24,25)26/h4-5,12-14,27H,6-11H2,1-3H3. The predicted octanol–water partition coefficient (Wildman–Crippen LogP) is 4.96. The van der Waals surface area contributed by atoms with Crippen LogP contribution in [0.3, 0.4) is 0 Å². The summed E-state index contributed by atoms with van der Waals surface area (Å²) >= 11 is 0. The Labute approximate surface area is 189 Å². The highest BCUT2D eigenvalue weighted by atomic mass is 19.4. The molecule has 1 aromatic carbocycles. The molecule has 33 heavy (non-hydrogen) atoms. The second-order valence-electron chi connectivity index (χ2n) is 8.76. The third-order valence-electron chi connectivity index (χ3n) is 5.07. The lowest BCUT2D eigenvalue weighted by molar-refractivity contribution is -0.275. The van der Waals surface area contributed by atoms with Crippen LogP contribution in [0.15, 0.2) is 28.8 Å². The fourth-order valence-corrected chi connectivity index (χ4v) is 3.50. The first-order chi connectivity index (χ1) is 15.4. The number of rotatable bonds is 7. The number of hydrogen-bond acceptors (Lipinski definition) is 6. The van der Waals surface area contributed by atoms with Gasteiger partial charge in [0.15, 0.2) is 11.6 Å². The number of halogens is 4. The smallest absolute Gasteiger partial charge is 0.403 e. The van der Waals surface area contributed by atoms with E-state index >= 15 is 0 Å². The fourth-order valence-electron chi connectivity index (χ4n) is 3.50. The van der Waals surface area contributed by atoms with Crippen LogP contribution in [0, 0.1) is 5.82 Å². The largest absolute Gasteiger partial charge is 0.573 e. The highest BCUT2D eigenvalue weighted by Crippen LogP contribution is 2.30. The van der Waals surface area contributed by atoms with Crippen molar-refractivity contribution in [3.63, 3.8) is 0 Å². The minimum Gasteiger partial charge on any atom is -0.403 e. The van der Waals surface area contributed by atoms with E-state index in [2.05, 4.69) is 15.2 Å². The molecule has 1 saturated heterocycles. The normalized spacial score (nSPS) is 15.5. The number of alkyl halides is 3. The van der Waals surface area contributed by atoms with Crippen LogP contribution in [0.1, 0.15) is 55.6 Å². The van der Waals surface area contributed by atoms with Crippen LogP contribution in [0.5, 0.6) is 5.75 Å². The number of carbonyl (C=O) groups excluding carboxylic acids is 1. The molecule has 0 spiro atoms. The van der Waals surface area contributed by atoms with E-state index in [1.54, 1.807) is 4.90 Å². The molecule has 0 radical (unpaired) electrons. The Balaban J connectivity index is 1.50. The molecule has 3 rings (SSSR count). The first-order valence-corrected chi connectivity index (χ1v) is 10.6. The number of likely N-dealkylation sites (tertiary alicyclic amines) is 1. The molecule has 2 aromatic rings. The summed E-state index contributed by atoms with van der Waals surface area (Å²) in [7, 11) is 0. The molecule has 0 aliphatic carbocycles. The zero-order valence-electron chi connectivity index (χ0n) is 18.7. The molecular formula is C22H27F4N3O4. The quantitative estimate of drug-likeness (QED) is 0.453.